The molecule has 0 aliphatic rings. The molecule has 0 aliphatic carbocycles. The maximum atomic E-state index is 12.2. The molecule has 18 heavy (non-hydrogen) atoms. The first-order valence-electron chi connectivity index (χ1n) is 4.88. The van der Waals surface area contributed by atoms with E-state index < -0.39 is 36.5 Å². The number of carbonyl (C=O) groups excluding carboxylic acids is 1. The van der Waals surface area contributed by atoms with Crippen molar-refractivity contribution in [3.05, 3.63) is 35.4 Å². The highest BCUT2D eigenvalue weighted by Crippen LogP contribution is 2.30. The lowest BCUT2D eigenvalue weighted by Crippen LogP contribution is -2.14. The van der Waals surface area contributed by atoms with E-state index in [1.54, 1.807) is 0 Å². The summed E-state index contributed by atoms with van der Waals surface area (Å²) < 4.78 is 60.5. The van der Waals surface area contributed by atoms with E-state index in [1.807, 2.05) is 0 Å². The van der Waals surface area contributed by atoms with E-state index in [0.29, 0.717) is 12.1 Å². The van der Waals surface area contributed by atoms with Gasteiger partial charge in [-0.05, 0) is 17.7 Å². The van der Waals surface area contributed by atoms with Crippen LogP contribution in [0.25, 0.3) is 0 Å². The average molecular weight is 268 g/mol. The zero-order valence-corrected chi connectivity index (χ0v) is 8.92. The Labute approximate surface area is 99.0 Å². The summed E-state index contributed by atoms with van der Waals surface area (Å²) >= 11 is 0. The zero-order valence-electron chi connectivity index (χ0n) is 8.92. The predicted octanol–water partition coefficient (Wildman–Crippen LogP) is 2.96. The number of halogens is 5. The molecule has 100 valence electrons. The van der Waals surface area contributed by atoms with Crippen LogP contribution in [0, 0.1) is 0 Å². The number of aliphatic hydroxyl groups excluding tert-OH is 1. The van der Waals surface area contributed by atoms with Crippen molar-refractivity contribution in [3.63, 3.8) is 0 Å². The van der Waals surface area contributed by atoms with Gasteiger partial charge in [-0.2, -0.15) is 13.2 Å². The third-order valence-electron chi connectivity index (χ3n) is 2.26. The summed E-state index contributed by atoms with van der Waals surface area (Å²) in [7, 11) is 0. The lowest BCUT2D eigenvalue weighted by molar-refractivity contribution is -0.137. The predicted molar refractivity (Wildman–Crippen MR) is 52.0 cm³/mol. The summed E-state index contributed by atoms with van der Waals surface area (Å²) in [6, 6.07) is 3.33. The first kappa shape index (κ1) is 14.6. The number of ketones is 1. The van der Waals surface area contributed by atoms with Gasteiger partial charge in [0.05, 0.1) is 11.7 Å². The van der Waals surface area contributed by atoms with Crippen molar-refractivity contribution in [1.29, 1.82) is 0 Å². The summed E-state index contributed by atoms with van der Waals surface area (Å²) in [5, 5.41) is 9.40. The Morgan fingerprint density at radius 3 is 2.06 bits per heavy atom. The van der Waals surface area contributed by atoms with Gasteiger partial charge in [0.1, 0.15) is 0 Å². The molecule has 0 radical (unpaired) electrons. The van der Waals surface area contributed by atoms with Crippen LogP contribution < -0.4 is 0 Å². The Bertz CT molecular complexity index is 410. The number of rotatable bonds is 4. The van der Waals surface area contributed by atoms with Gasteiger partial charge in [0, 0.05) is 6.42 Å². The molecule has 0 saturated heterocycles. The monoisotopic (exact) mass is 268 g/mol. The van der Waals surface area contributed by atoms with Crippen molar-refractivity contribution < 1.29 is 31.9 Å². The summed E-state index contributed by atoms with van der Waals surface area (Å²) in [5.41, 5.74) is -0.935. The number of alkyl halides is 5. The normalized spacial score (nSPS) is 13.7. The number of hydrogen-bond acceptors (Lipinski definition) is 2. The van der Waals surface area contributed by atoms with Crippen LogP contribution in [0.15, 0.2) is 24.3 Å². The molecule has 0 aliphatic heterocycles. The van der Waals surface area contributed by atoms with Crippen molar-refractivity contribution in [2.24, 2.45) is 0 Å². The first-order chi connectivity index (χ1) is 8.21. The highest BCUT2D eigenvalue weighted by Gasteiger charge is 2.30. The van der Waals surface area contributed by atoms with Crippen LogP contribution in [0.5, 0.6) is 0 Å². The number of carbonyl (C=O) groups is 1. The van der Waals surface area contributed by atoms with E-state index in [4.69, 9.17) is 0 Å². The molecule has 1 aromatic rings. The molecule has 1 N–H and O–H groups in total. The summed E-state index contributed by atoms with van der Waals surface area (Å²) in [5.74, 6) is -1.46. The molecule has 0 aromatic heterocycles. The molecule has 1 unspecified atom stereocenters. The molecule has 0 spiro atoms. The molecule has 1 atom stereocenters. The second-order valence-electron chi connectivity index (χ2n) is 3.61. The fraction of sp³-hybridized carbons (Fsp3) is 0.364. The van der Waals surface area contributed by atoms with E-state index in [1.165, 1.54) is 0 Å². The second-order valence-corrected chi connectivity index (χ2v) is 3.61. The van der Waals surface area contributed by atoms with Crippen LogP contribution in [0.4, 0.5) is 22.0 Å². The topological polar surface area (TPSA) is 37.3 Å². The quantitative estimate of drug-likeness (QED) is 0.852. The fourth-order valence-corrected chi connectivity index (χ4v) is 1.29. The number of aliphatic hydroxyl groups is 1. The highest BCUT2D eigenvalue weighted by atomic mass is 19.4. The average Bonchev–Trinajstić information content (AvgIpc) is 2.27. The molecule has 0 saturated carbocycles. The molecule has 2 nitrogen and oxygen atoms in total. The summed E-state index contributed by atoms with van der Waals surface area (Å²) in [6.45, 7) is 0. The standard InChI is InChI=1S/C11H9F5O2/c12-10(13)9(18)5-8(17)6-1-3-7(4-2-6)11(14,15)16/h1-4,8,10,17H,5H2. The Balaban J connectivity index is 2.76. The molecule has 7 heteroatoms. The molecule has 0 bridgehead atoms. The van der Waals surface area contributed by atoms with Crippen molar-refractivity contribution >= 4 is 5.78 Å². The molecular weight excluding hydrogens is 259 g/mol. The van der Waals surface area contributed by atoms with E-state index in [2.05, 4.69) is 0 Å². The van der Waals surface area contributed by atoms with Crippen LogP contribution >= 0.6 is 0 Å². The minimum Gasteiger partial charge on any atom is -0.388 e. The van der Waals surface area contributed by atoms with Gasteiger partial charge in [0.2, 0.25) is 5.78 Å². The molecular formula is C11H9F5O2. The van der Waals surface area contributed by atoms with Crippen LogP contribution in [-0.4, -0.2) is 17.3 Å². The number of benzene rings is 1. The molecule has 0 amide bonds. The SMILES string of the molecule is O=C(CC(O)c1ccc(C(F)(F)F)cc1)C(F)F. The Kier molecular flexibility index (Phi) is 4.39. The maximum Gasteiger partial charge on any atom is 0.416 e. The van der Waals surface area contributed by atoms with Gasteiger partial charge in [-0.3, -0.25) is 4.79 Å². The lowest BCUT2D eigenvalue weighted by Gasteiger charge is -2.12. The maximum absolute atomic E-state index is 12.2. The fourth-order valence-electron chi connectivity index (χ4n) is 1.29. The third kappa shape index (κ3) is 3.76. The van der Waals surface area contributed by atoms with Gasteiger partial charge >= 0.3 is 6.18 Å². The van der Waals surface area contributed by atoms with Crippen LogP contribution in [0.1, 0.15) is 23.7 Å². The molecule has 1 rings (SSSR count). The largest absolute Gasteiger partial charge is 0.416 e. The second kappa shape index (κ2) is 5.43. The summed E-state index contributed by atoms with van der Waals surface area (Å²) in [6.07, 6.45) is -10.1. The van der Waals surface area contributed by atoms with Gasteiger partial charge in [0.25, 0.3) is 6.43 Å². The van der Waals surface area contributed by atoms with E-state index in [-0.39, 0.29) is 5.56 Å². The van der Waals surface area contributed by atoms with Gasteiger partial charge in [0.15, 0.2) is 0 Å². The molecule has 0 heterocycles. The Morgan fingerprint density at radius 2 is 1.67 bits per heavy atom. The van der Waals surface area contributed by atoms with Crippen LogP contribution in [-0.2, 0) is 11.0 Å². The van der Waals surface area contributed by atoms with Crippen molar-refractivity contribution in [2.45, 2.75) is 25.1 Å². The van der Waals surface area contributed by atoms with Gasteiger partial charge in [-0.15, -0.1) is 0 Å². The third-order valence-corrected chi connectivity index (χ3v) is 2.26. The Morgan fingerprint density at radius 1 is 1.17 bits per heavy atom. The van der Waals surface area contributed by atoms with E-state index in [9.17, 15) is 31.9 Å². The minimum absolute atomic E-state index is 0.0167. The van der Waals surface area contributed by atoms with Gasteiger partial charge < -0.3 is 5.11 Å². The van der Waals surface area contributed by atoms with Gasteiger partial charge in [-0.25, -0.2) is 8.78 Å². The van der Waals surface area contributed by atoms with Crippen LogP contribution in [0.2, 0.25) is 0 Å². The minimum atomic E-state index is -4.51. The smallest absolute Gasteiger partial charge is 0.388 e. The van der Waals surface area contributed by atoms with E-state index in [0.717, 1.165) is 12.1 Å². The number of Topliss-reactive ketones (excluding diaryl/α,β-unsaturated/α-hetero) is 1. The van der Waals surface area contributed by atoms with E-state index >= 15 is 0 Å². The van der Waals surface area contributed by atoms with Gasteiger partial charge in [-0.1, -0.05) is 12.1 Å². The van der Waals surface area contributed by atoms with Crippen molar-refractivity contribution in [3.8, 4) is 0 Å². The van der Waals surface area contributed by atoms with Crippen molar-refractivity contribution in [1.82, 2.24) is 0 Å². The zero-order chi connectivity index (χ0) is 13.9. The Hall–Kier alpha value is -1.50. The highest BCUT2D eigenvalue weighted by molar-refractivity contribution is 5.82. The first-order valence-corrected chi connectivity index (χ1v) is 4.88. The molecule has 0 fully saturated rings. The number of hydrogen-bond donors (Lipinski definition) is 1. The lowest BCUT2D eigenvalue weighted by atomic mass is 10.0. The summed E-state index contributed by atoms with van der Waals surface area (Å²) in [4.78, 5) is 10.7. The van der Waals surface area contributed by atoms with Crippen LogP contribution in [0.3, 0.4) is 0 Å². The van der Waals surface area contributed by atoms with Crippen molar-refractivity contribution in [2.75, 3.05) is 0 Å². The molecule has 1 aromatic carbocycles.